The number of aromatic nitrogens is 3. The maximum Gasteiger partial charge on any atom is 0.244 e. The number of hydrogen-bond acceptors (Lipinski definition) is 4. The highest BCUT2D eigenvalue weighted by Gasteiger charge is 2.26. The first-order valence-corrected chi connectivity index (χ1v) is 6.19. The molecule has 1 unspecified atom stereocenters. The van der Waals surface area contributed by atoms with Crippen LogP contribution in [-0.4, -0.2) is 26.2 Å². The van der Waals surface area contributed by atoms with Crippen molar-refractivity contribution in [2.75, 3.05) is 5.32 Å². The predicted molar refractivity (Wildman–Crippen MR) is 72.8 cm³/mol. The van der Waals surface area contributed by atoms with Gasteiger partial charge in [0.05, 0.1) is 5.54 Å². The molecule has 0 fully saturated rings. The van der Waals surface area contributed by atoms with Crippen LogP contribution in [0.25, 0.3) is 5.69 Å². The molecule has 0 saturated carbocycles. The lowest BCUT2D eigenvalue weighted by atomic mass is 9.99. The molecule has 7 heteroatoms. The molecule has 106 valence electrons. The van der Waals surface area contributed by atoms with Crippen LogP contribution in [0.2, 0.25) is 0 Å². The average molecular weight is 277 g/mol. The second-order valence-electron chi connectivity index (χ2n) is 4.73. The van der Waals surface area contributed by atoms with E-state index in [0.29, 0.717) is 12.1 Å². The Kier molecular flexibility index (Phi) is 3.80. The number of amides is 1. The third-order valence-electron chi connectivity index (χ3n) is 3.12. The van der Waals surface area contributed by atoms with Gasteiger partial charge in [-0.15, -0.1) is 0 Å². The number of nitrogens with one attached hydrogen (secondary N) is 1. The highest BCUT2D eigenvalue weighted by Crippen LogP contribution is 2.18. The standard InChI is InChI=1S/C13H16FN5O/c1-3-13(2,15)12(20)18-9-4-5-11(10(14)6-9)19-8-16-7-17-19/h4-8H,3,15H2,1-2H3,(H,18,20). The molecule has 6 nitrogen and oxygen atoms in total. The molecule has 0 spiro atoms. The molecular weight excluding hydrogens is 261 g/mol. The molecule has 1 aromatic carbocycles. The maximum atomic E-state index is 14.0. The van der Waals surface area contributed by atoms with Crippen molar-refractivity contribution in [1.29, 1.82) is 0 Å². The van der Waals surface area contributed by atoms with E-state index in [4.69, 9.17) is 5.73 Å². The number of nitrogens with zero attached hydrogens (tertiary/aromatic N) is 3. The molecule has 1 amide bonds. The van der Waals surface area contributed by atoms with Gasteiger partial charge in [-0.2, -0.15) is 5.10 Å². The van der Waals surface area contributed by atoms with E-state index >= 15 is 0 Å². The molecule has 1 aromatic heterocycles. The zero-order valence-electron chi connectivity index (χ0n) is 11.3. The van der Waals surface area contributed by atoms with E-state index in [1.54, 1.807) is 13.0 Å². The second kappa shape index (κ2) is 5.38. The molecule has 2 aromatic rings. The van der Waals surface area contributed by atoms with Crippen molar-refractivity contribution in [3.8, 4) is 5.69 Å². The smallest absolute Gasteiger partial charge is 0.244 e. The molecule has 2 rings (SSSR count). The van der Waals surface area contributed by atoms with Crippen LogP contribution in [0, 0.1) is 5.82 Å². The Morgan fingerprint density at radius 2 is 2.30 bits per heavy atom. The maximum absolute atomic E-state index is 14.0. The molecule has 0 aliphatic heterocycles. The number of hydrogen-bond donors (Lipinski definition) is 2. The molecule has 0 bridgehead atoms. The number of halogens is 1. The zero-order valence-corrected chi connectivity index (χ0v) is 11.3. The van der Waals surface area contributed by atoms with Crippen molar-refractivity contribution < 1.29 is 9.18 Å². The van der Waals surface area contributed by atoms with E-state index in [1.807, 2.05) is 6.92 Å². The lowest BCUT2D eigenvalue weighted by Crippen LogP contribution is -2.47. The fourth-order valence-electron chi connectivity index (χ4n) is 1.54. The first-order chi connectivity index (χ1) is 9.44. The Hall–Kier alpha value is -2.28. The molecular formula is C13H16FN5O. The highest BCUT2D eigenvalue weighted by atomic mass is 19.1. The molecule has 1 atom stereocenters. The lowest BCUT2D eigenvalue weighted by molar-refractivity contribution is -0.120. The van der Waals surface area contributed by atoms with E-state index in [2.05, 4.69) is 15.4 Å². The first-order valence-electron chi connectivity index (χ1n) is 6.19. The van der Waals surface area contributed by atoms with Gasteiger partial charge in [-0.1, -0.05) is 6.92 Å². The van der Waals surface area contributed by atoms with Gasteiger partial charge in [-0.25, -0.2) is 14.1 Å². The number of carbonyl (C=O) groups excluding carboxylic acids is 1. The van der Waals surface area contributed by atoms with Crippen LogP contribution in [-0.2, 0) is 4.79 Å². The summed E-state index contributed by atoms with van der Waals surface area (Å²) in [5, 5.41) is 6.45. The van der Waals surface area contributed by atoms with Crippen LogP contribution in [0.4, 0.5) is 10.1 Å². The molecule has 0 aliphatic rings. The number of rotatable bonds is 4. The average Bonchev–Trinajstić information content (AvgIpc) is 2.92. The minimum atomic E-state index is -0.985. The fourth-order valence-corrected chi connectivity index (χ4v) is 1.54. The van der Waals surface area contributed by atoms with Crippen LogP contribution in [0.15, 0.2) is 30.9 Å². The fraction of sp³-hybridized carbons (Fsp3) is 0.308. The Bertz CT molecular complexity index is 609. The summed E-state index contributed by atoms with van der Waals surface area (Å²) < 4.78 is 15.3. The Morgan fingerprint density at radius 1 is 1.55 bits per heavy atom. The van der Waals surface area contributed by atoms with Gasteiger partial charge < -0.3 is 11.1 Å². The van der Waals surface area contributed by atoms with Crippen LogP contribution in [0.5, 0.6) is 0 Å². The van der Waals surface area contributed by atoms with Crippen LogP contribution < -0.4 is 11.1 Å². The van der Waals surface area contributed by atoms with Gasteiger partial charge in [0.25, 0.3) is 0 Å². The first kappa shape index (κ1) is 14.1. The summed E-state index contributed by atoms with van der Waals surface area (Å²) in [4.78, 5) is 15.7. The monoisotopic (exact) mass is 277 g/mol. The third kappa shape index (κ3) is 2.83. The number of benzene rings is 1. The lowest BCUT2D eigenvalue weighted by Gasteiger charge is -2.21. The van der Waals surface area contributed by atoms with Gasteiger partial charge in [0.15, 0.2) is 5.82 Å². The van der Waals surface area contributed by atoms with Crippen LogP contribution in [0.3, 0.4) is 0 Å². The third-order valence-corrected chi connectivity index (χ3v) is 3.12. The van der Waals surface area contributed by atoms with Gasteiger partial charge >= 0.3 is 0 Å². The van der Waals surface area contributed by atoms with Crippen molar-refractivity contribution in [2.45, 2.75) is 25.8 Å². The second-order valence-corrected chi connectivity index (χ2v) is 4.73. The summed E-state index contributed by atoms with van der Waals surface area (Å²) in [6.07, 6.45) is 3.19. The summed E-state index contributed by atoms with van der Waals surface area (Å²) >= 11 is 0. The van der Waals surface area contributed by atoms with Crippen molar-refractivity contribution in [3.05, 3.63) is 36.7 Å². The Balaban J connectivity index is 2.20. The van der Waals surface area contributed by atoms with Gasteiger partial charge in [0.2, 0.25) is 5.91 Å². The summed E-state index contributed by atoms with van der Waals surface area (Å²) in [6.45, 7) is 3.44. The number of anilines is 1. The van der Waals surface area contributed by atoms with Gasteiger partial charge in [0.1, 0.15) is 18.3 Å². The van der Waals surface area contributed by atoms with Crippen molar-refractivity contribution in [3.63, 3.8) is 0 Å². The minimum Gasteiger partial charge on any atom is -0.324 e. The molecule has 0 radical (unpaired) electrons. The van der Waals surface area contributed by atoms with Crippen molar-refractivity contribution in [2.24, 2.45) is 5.73 Å². The summed E-state index contributed by atoms with van der Waals surface area (Å²) in [5.74, 6) is -0.864. The van der Waals surface area contributed by atoms with Crippen molar-refractivity contribution in [1.82, 2.24) is 14.8 Å². The molecule has 1 heterocycles. The van der Waals surface area contributed by atoms with Gasteiger partial charge in [-0.3, -0.25) is 4.79 Å². The summed E-state index contributed by atoms with van der Waals surface area (Å²) in [7, 11) is 0. The number of nitrogens with two attached hydrogens (primary N) is 1. The molecule has 0 saturated heterocycles. The van der Waals surface area contributed by atoms with Crippen LogP contribution >= 0.6 is 0 Å². The van der Waals surface area contributed by atoms with E-state index in [1.165, 1.54) is 29.5 Å². The molecule has 20 heavy (non-hydrogen) atoms. The Labute approximate surface area is 115 Å². The van der Waals surface area contributed by atoms with E-state index in [0.717, 1.165) is 0 Å². The summed E-state index contributed by atoms with van der Waals surface area (Å²) in [5.41, 5.74) is 5.44. The quantitative estimate of drug-likeness (QED) is 0.886. The largest absolute Gasteiger partial charge is 0.324 e. The summed E-state index contributed by atoms with van der Waals surface area (Å²) in [6, 6.07) is 4.32. The zero-order chi connectivity index (χ0) is 14.8. The highest BCUT2D eigenvalue weighted by molar-refractivity contribution is 5.97. The molecule has 0 aliphatic carbocycles. The minimum absolute atomic E-state index is 0.256. The van der Waals surface area contributed by atoms with Crippen LogP contribution in [0.1, 0.15) is 20.3 Å². The predicted octanol–water partition coefficient (Wildman–Crippen LogP) is 1.47. The van der Waals surface area contributed by atoms with Crippen molar-refractivity contribution >= 4 is 11.6 Å². The van der Waals surface area contributed by atoms with Gasteiger partial charge in [-0.05, 0) is 31.5 Å². The molecule has 3 N–H and O–H groups in total. The SMILES string of the molecule is CCC(C)(N)C(=O)Nc1ccc(-n2cncn2)c(F)c1. The van der Waals surface area contributed by atoms with Gasteiger partial charge in [0, 0.05) is 5.69 Å². The van der Waals surface area contributed by atoms with E-state index in [-0.39, 0.29) is 11.6 Å². The Morgan fingerprint density at radius 3 is 2.85 bits per heavy atom. The van der Waals surface area contributed by atoms with E-state index < -0.39 is 11.4 Å². The van der Waals surface area contributed by atoms with E-state index in [9.17, 15) is 9.18 Å². The number of carbonyl (C=O) groups is 1. The normalized spacial score (nSPS) is 13.8. The topological polar surface area (TPSA) is 85.8 Å².